The first kappa shape index (κ1) is 16.1. The van der Waals surface area contributed by atoms with Crippen LogP contribution in [0.2, 0.25) is 0 Å². The lowest BCUT2D eigenvalue weighted by atomic mass is 10.0. The Labute approximate surface area is 137 Å². The molecule has 0 radical (unpaired) electrons. The lowest BCUT2D eigenvalue weighted by molar-refractivity contribution is -0.133. The van der Waals surface area contributed by atoms with Crippen molar-refractivity contribution in [3.8, 4) is 0 Å². The number of nitrogens with zero attached hydrogens (tertiary/aromatic N) is 4. The Balaban J connectivity index is 1.77. The van der Waals surface area contributed by atoms with Gasteiger partial charge in [0.2, 0.25) is 5.91 Å². The number of carbonyl (C=O) groups excluding carboxylic acids is 1. The molecule has 1 aliphatic heterocycles. The zero-order valence-corrected chi connectivity index (χ0v) is 13.1. The molecule has 1 aromatic carbocycles. The molecule has 7 nitrogen and oxygen atoms in total. The SMILES string of the molecule is CC1CC(c2cccc(F)c2)N(C(=O)Cn2cc(C(=O)O)nn2)C1. The number of likely N-dealkylation sites (tertiary alicyclic amines) is 1. The largest absolute Gasteiger partial charge is 0.476 e. The highest BCUT2D eigenvalue weighted by molar-refractivity contribution is 5.84. The van der Waals surface area contributed by atoms with Gasteiger partial charge in [0, 0.05) is 6.54 Å². The lowest BCUT2D eigenvalue weighted by Crippen LogP contribution is -2.34. The van der Waals surface area contributed by atoms with Crippen molar-refractivity contribution in [2.75, 3.05) is 6.54 Å². The first-order valence-corrected chi connectivity index (χ1v) is 7.62. The number of halogens is 1. The molecule has 0 spiro atoms. The highest BCUT2D eigenvalue weighted by atomic mass is 19.1. The fourth-order valence-corrected chi connectivity index (χ4v) is 3.05. The molecule has 1 amide bonds. The second kappa shape index (κ2) is 6.38. The maximum absolute atomic E-state index is 13.5. The lowest BCUT2D eigenvalue weighted by Gasteiger charge is -2.25. The quantitative estimate of drug-likeness (QED) is 0.921. The van der Waals surface area contributed by atoms with Crippen molar-refractivity contribution in [1.82, 2.24) is 19.9 Å². The minimum atomic E-state index is -1.19. The number of amides is 1. The van der Waals surface area contributed by atoms with E-state index in [0.29, 0.717) is 12.5 Å². The molecule has 1 fully saturated rings. The van der Waals surface area contributed by atoms with Crippen molar-refractivity contribution >= 4 is 11.9 Å². The third kappa shape index (κ3) is 3.27. The van der Waals surface area contributed by atoms with Gasteiger partial charge in [-0.1, -0.05) is 24.3 Å². The van der Waals surface area contributed by atoms with Crippen molar-refractivity contribution in [2.24, 2.45) is 5.92 Å². The average Bonchev–Trinajstić information content (AvgIpc) is 3.14. The number of hydrogen-bond donors (Lipinski definition) is 1. The van der Waals surface area contributed by atoms with E-state index in [1.54, 1.807) is 11.0 Å². The van der Waals surface area contributed by atoms with Crippen molar-refractivity contribution in [3.63, 3.8) is 0 Å². The van der Waals surface area contributed by atoms with E-state index in [9.17, 15) is 14.0 Å². The standard InChI is InChI=1S/C16H17FN4O3/c1-10-5-14(11-3-2-4-12(17)6-11)21(7-10)15(22)9-20-8-13(16(23)24)18-19-20/h2-4,6,8,10,14H,5,7,9H2,1H3,(H,23,24). The van der Waals surface area contributed by atoms with Gasteiger partial charge in [-0.25, -0.2) is 13.9 Å². The molecule has 1 N–H and O–H groups in total. The van der Waals surface area contributed by atoms with Crippen LogP contribution in [-0.2, 0) is 11.3 Å². The molecule has 24 heavy (non-hydrogen) atoms. The van der Waals surface area contributed by atoms with E-state index in [1.165, 1.54) is 23.0 Å². The van der Waals surface area contributed by atoms with Crippen LogP contribution < -0.4 is 0 Å². The number of carboxylic acid groups (broad SMARTS) is 1. The van der Waals surface area contributed by atoms with Gasteiger partial charge in [0.25, 0.3) is 0 Å². The predicted molar refractivity (Wildman–Crippen MR) is 81.6 cm³/mol. The van der Waals surface area contributed by atoms with E-state index >= 15 is 0 Å². The summed E-state index contributed by atoms with van der Waals surface area (Å²) in [5.74, 6) is -1.43. The van der Waals surface area contributed by atoms with Gasteiger partial charge >= 0.3 is 5.97 Å². The molecule has 1 saturated heterocycles. The molecule has 126 valence electrons. The highest BCUT2D eigenvalue weighted by Gasteiger charge is 2.34. The first-order valence-electron chi connectivity index (χ1n) is 7.62. The number of benzene rings is 1. The summed E-state index contributed by atoms with van der Waals surface area (Å²) in [6, 6.07) is 6.07. The molecule has 3 rings (SSSR count). The number of aromatic nitrogens is 3. The summed E-state index contributed by atoms with van der Waals surface area (Å²) in [7, 11) is 0. The summed E-state index contributed by atoms with van der Waals surface area (Å²) in [6.45, 7) is 2.51. The van der Waals surface area contributed by atoms with Crippen LogP contribution in [-0.4, -0.2) is 43.4 Å². The number of hydrogen-bond acceptors (Lipinski definition) is 4. The van der Waals surface area contributed by atoms with Gasteiger partial charge in [0.05, 0.1) is 12.2 Å². The molecular formula is C16H17FN4O3. The topological polar surface area (TPSA) is 88.3 Å². The van der Waals surface area contributed by atoms with E-state index < -0.39 is 5.97 Å². The smallest absolute Gasteiger partial charge is 0.358 e. The number of rotatable bonds is 4. The minimum Gasteiger partial charge on any atom is -0.476 e. The predicted octanol–water partition coefficient (Wildman–Crippen LogP) is 1.73. The molecule has 8 heteroatoms. The molecular weight excluding hydrogens is 315 g/mol. The van der Waals surface area contributed by atoms with E-state index in [-0.39, 0.29) is 30.0 Å². The van der Waals surface area contributed by atoms with Gasteiger partial charge in [-0.3, -0.25) is 4.79 Å². The van der Waals surface area contributed by atoms with Crippen molar-refractivity contribution in [3.05, 3.63) is 47.5 Å². The Kier molecular flexibility index (Phi) is 4.28. The maximum Gasteiger partial charge on any atom is 0.358 e. The Morgan fingerprint density at radius 2 is 2.21 bits per heavy atom. The number of carbonyl (C=O) groups is 2. The summed E-state index contributed by atoms with van der Waals surface area (Å²) in [5, 5.41) is 16.0. The summed E-state index contributed by atoms with van der Waals surface area (Å²) in [4.78, 5) is 25.1. The summed E-state index contributed by atoms with van der Waals surface area (Å²) < 4.78 is 14.7. The van der Waals surface area contributed by atoms with Crippen LogP contribution in [0.1, 0.15) is 35.4 Å². The maximum atomic E-state index is 13.5. The third-order valence-corrected chi connectivity index (χ3v) is 4.12. The summed E-state index contributed by atoms with van der Waals surface area (Å²) in [5.41, 5.74) is 0.553. The Hall–Kier alpha value is -2.77. The Morgan fingerprint density at radius 3 is 2.88 bits per heavy atom. The van der Waals surface area contributed by atoms with Crippen LogP contribution >= 0.6 is 0 Å². The zero-order valence-electron chi connectivity index (χ0n) is 13.1. The zero-order chi connectivity index (χ0) is 17.3. The normalized spacial score (nSPS) is 20.3. The van der Waals surface area contributed by atoms with Crippen LogP contribution in [0.3, 0.4) is 0 Å². The van der Waals surface area contributed by atoms with Gasteiger partial charge in [0.15, 0.2) is 5.69 Å². The van der Waals surface area contributed by atoms with Crippen LogP contribution in [0.5, 0.6) is 0 Å². The molecule has 1 aliphatic rings. The molecule has 1 aromatic heterocycles. The summed E-state index contributed by atoms with van der Waals surface area (Å²) >= 11 is 0. The van der Waals surface area contributed by atoms with Gasteiger partial charge in [-0.2, -0.15) is 0 Å². The monoisotopic (exact) mass is 332 g/mol. The van der Waals surface area contributed by atoms with Crippen LogP contribution in [0.4, 0.5) is 4.39 Å². The molecule has 0 saturated carbocycles. The number of carboxylic acids is 1. The molecule has 2 heterocycles. The second-order valence-electron chi connectivity index (χ2n) is 6.06. The minimum absolute atomic E-state index is 0.0984. The number of aromatic carboxylic acids is 1. The average molecular weight is 332 g/mol. The van der Waals surface area contributed by atoms with Gasteiger partial charge in [-0.15, -0.1) is 5.10 Å². The van der Waals surface area contributed by atoms with Crippen molar-refractivity contribution < 1.29 is 19.1 Å². The van der Waals surface area contributed by atoms with Crippen LogP contribution in [0.25, 0.3) is 0 Å². The van der Waals surface area contributed by atoms with E-state index in [1.807, 2.05) is 13.0 Å². The molecule has 0 bridgehead atoms. The van der Waals surface area contributed by atoms with E-state index in [4.69, 9.17) is 5.11 Å². The van der Waals surface area contributed by atoms with E-state index in [2.05, 4.69) is 10.3 Å². The fraction of sp³-hybridized carbons (Fsp3) is 0.375. The van der Waals surface area contributed by atoms with Crippen molar-refractivity contribution in [2.45, 2.75) is 25.9 Å². The van der Waals surface area contributed by atoms with E-state index in [0.717, 1.165) is 12.0 Å². The molecule has 2 atom stereocenters. The second-order valence-corrected chi connectivity index (χ2v) is 6.06. The third-order valence-electron chi connectivity index (χ3n) is 4.12. The van der Waals surface area contributed by atoms with Gasteiger partial charge in [0.1, 0.15) is 12.4 Å². The van der Waals surface area contributed by atoms with Crippen LogP contribution in [0, 0.1) is 11.7 Å². The summed E-state index contributed by atoms with van der Waals surface area (Å²) in [6.07, 6.45) is 1.98. The molecule has 2 unspecified atom stereocenters. The van der Waals surface area contributed by atoms with Gasteiger partial charge < -0.3 is 10.0 Å². The van der Waals surface area contributed by atoms with Gasteiger partial charge in [-0.05, 0) is 30.0 Å². The highest BCUT2D eigenvalue weighted by Crippen LogP contribution is 2.35. The Bertz CT molecular complexity index is 776. The molecule has 2 aromatic rings. The Morgan fingerprint density at radius 1 is 1.42 bits per heavy atom. The first-order chi connectivity index (χ1) is 11.4. The van der Waals surface area contributed by atoms with Crippen molar-refractivity contribution in [1.29, 1.82) is 0 Å². The van der Waals surface area contributed by atoms with Crippen LogP contribution in [0.15, 0.2) is 30.5 Å². The fourth-order valence-electron chi connectivity index (χ4n) is 3.05. The molecule has 0 aliphatic carbocycles.